The summed E-state index contributed by atoms with van der Waals surface area (Å²) in [4.78, 5) is 80.7. The fraction of sp³-hybridized carbons (Fsp3) is 0.765. The van der Waals surface area contributed by atoms with Crippen molar-refractivity contribution in [3.8, 4) is 0 Å². The summed E-state index contributed by atoms with van der Waals surface area (Å²) in [5, 5.41) is 40.7. The molecule has 0 aromatic carbocycles. The van der Waals surface area contributed by atoms with Crippen LogP contribution in [0.25, 0.3) is 0 Å². The summed E-state index contributed by atoms with van der Waals surface area (Å²) in [7, 11) is 4.10. The number of carboxylic acids is 3. The van der Waals surface area contributed by atoms with Gasteiger partial charge in [-0.25, -0.2) is 9.48 Å². The van der Waals surface area contributed by atoms with E-state index in [0.717, 1.165) is 31.1 Å². The van der Waals surface area contributed by atoms with Gasteiger partial charge in [0.25, 0.3) is 0 Å². The lowest BCUT2D eigenvalue weighted by Crippen LogP contribution is -2.46. The highest BCUT2D eigenvalue weighted by Gasteiger charge is 2.20. The van der Waals surface area contributed by atoms with E-state index in [0.29, 0.717) is 71.0 Å². The Morgan fingerprint density at radius 3 is 2.07 bits per heavy atom. The third kappa shape index (κ3) is 21.5. The zero-order valence-corrected chi connectivity index (χ0v) is 32.0. The lowest BCUT2D eigenvalue weighted by Gasteiger charge is -2.31. The van der Waals surface area contributed by atoms with Crippen molar-refractivity contribution in [3.05, 3.63) is 11.9 Å². The molecular formula is C34H60N10O10. The van der Waals surface area contributed by atoms with E-state index in [9.17, 15) is 39.0 Å². The largest absolute Gasteiger partial charge is 0.481 e. The molecule has 1 atom stereocenters. The van der Waals surface area contributed by atoms with Gasteiger partial charge in [0.15, 0.2) is 0 Å². The highest BCUT2D eigenvalue weighted by Crippen LogP contribution is 2.06. The number of ketones is 1. The molecule has 1 fully saturated rings. The maximum Gasteiger partial charge on any atom is 0.323 e. The smallest absolute Gasteiger partial charge is 0.323 e. The van der Waals surface area contributed by atoms with Gasteiger partial charge in [0.1, 0.15) is 18.0 Å². The van der Waals surface area contributed by atoms with E-state index in [1.165, 1.54) is 4.68 Å². The quantitative estimate of drug-likeness (QED) is 0.0835. The molecule has 1 aromatic rings. The van der Waals surface area contributed by atoms with Gasteiger partial charge in [-0.3, -0.25) is 33.8 Å². The zero-order valence-electron chi connectivity index (χ0n) is 32.0. The number of carbonyl (C=O) groups excluding carboxylic acids is 3. The fourth-order valence-corrected chi connectivity index (χ4v) is 5.56. The number of ether oxygens (including phenoxy) is 1. The first-order chi connectivity index (χ1) is 25.7. The Balaban J connectivity index is 1.71. The van der Waals surface area contributed by atoms with Crippen LogP contribution < -0.4 is 10.6 Å². The van der Waals surface area contributed by atoms with Crippen LogP contribution in [0.1, 0.15) is 51.1 Å². The maximum absolute atomic E-state index is 12.9. The Hall–Kier alpha value is -4.24. The molecule has 3 amide bonds. The Kier molecular flexibility index (Phi) is 21.9. The van der Waals surface area contributed by atoms with Gasteiger partial charge in [-0.2, -0.15) is 0 Å². The number of carboxylic acid groups (broad SMARTS) is 3. The molecule has 5 N–H and O–H groups in total. The first-order valence-corrected chi connectivity index (χ1v) is 18.5. The molecule has 0 aliphatic carbocycles. The summed E-state index contributed by atoms with van der Waals surface area (Å²) >= 11 is 0. The van der Waals surface area contributed by atoms with Gasteiger partial charge in [-0.1, -0.05) is 5.21 Å². The molecule has 20 heteroatoms. The number of hydrogen-bond donors (Lipinski definition) is 5. The Morgan fingerprint density at radius 1 is 0.815 bits per heavy atom. The third-order valence-electron chi connectivity index (χ3n) is 8.80. The number of Topliss-reactive ketones (excluding diaryl/α,β-unsaturated/α-hetero) is 1. The van der Waals surface area contributed by atoms with Gasteiger partial charge in [0, 0.05) is 90.8 Å². The number of likely N-dealkylation sites (N-methyl/N-ethyl adjacent to an activating group) is 2. The topological polar surface area (TPSA) is 243 Å². The molecule has 0 radical (unpaired) electrons. The number of rotatable bonds is 23. The molecule has 2 rings (SSSR count). The van der Waals surface area contributed by atoms with Crippen molar-refractivity contribution in [2.45, 2.75) is 64.6 Å². The summed E-state index contributed by atoms with van der Waals surface area (Å²) in [6.45, 7) is 8.43. The van der Waals surface area contributed by atoms with Crippen LogP contribution in [0.5, 0.6) is 0 Å². The predicted octanol–water partition coefficient (Wildman–Crippen LogP) is -1.04. The van der Waals surface area contributed by atoms with Crippen molar-refractivity contribution in [2.24, 2.45) is 0 Å². The molecule has 0 unspecified atom stereocenters. The number of nitrogens with zero attached hydrogens (tertiary/aromatic N) is 8. The second-order valence-corrected chi connectivity index (χ2v) is 13.8. The first kappa shape index (κ1) is 45.9. The minimum atomic E-state index is -1.18. The van der Waals surface area contributed by atoms with Crippen LogP contribution in [0.3, 0.4) is 0 Å². The van der Waals surface area contributed by atoms with Crippen molar-refractivity contribution in [2.75, 3.05) is 106 Å². The second kappa shape index (κ2) is 25.7. The van der Waals surface area contributed by atoms with E-state index in [1.807, 2.05) is 11.9 Å². The lowest BCUT2D eigenvalue weighted by molar-refractivity contribution is -0.145. The van der Waals surface area contributed by atoms with Crippen LogP contribution >= 0.6 is 0 Å². The monoisotopic (exact) mass is 768 g/mol. The van der Waals surface area contributed by atoms with Crippen molar-refractivity contribution in [3.63, 3.8) is 0 Å². The van der Waals surface area contributed by atoms with Gasteiger partial charge < -0.3 is 45.4 Å². The van der Waals surface area contributed by atoms with Crippen molar-refractivity contribution < 1.29 is 48.8 Å². The Morgan fingerprint density at radius 2 is 1.44 bits per heavy atom. The minimum absolute atomic E-state index is 0.00855. The van der Waals surface area contributed by atoms with E-state index in [2.05, 4.69) is 42.7 Å². The van der Waals surface area contributed by atoms with Crippen molar-refractivity contribution >= 4 is 35.6 Å². The van der Waals surface area contributed by atoms with E-state index in [1.54, 1.807) is 13.1 Å². The average molecular weight is 769 g/mol. The fourth-order valence-electron chi connectivity index (χ4n) is 5.56. The molecule has 0 spiro atoms. The summed E-state index contributed by atoms with van der Waals surface area (Å²) < 4.78 is 7.24. The summed E-state index contributed by atoms with van der Waals surface area (Å²) in [6.07, 6.45) is 2.98. The summed E-state index contributed by atoms with van der Waals surface area (Å²) in [5.41, 5.74) is 0.398. The molecule has 1 aliphatic heterocycles. The van der Waals surface area contributed by atoms with Gasteiger partial charge in [0.05, 0.1) is 39.0 Å². The highest BCUT2D eigenvalue weighted by atomic mass is 16.5. The molecule has 306 valence electrons. The molecule has 54 heavy (non-hydrogen) atoms. The molecule has 1 aliphatic rings. The predicted molar refractivity (Wildman–Crippen MR) is 196 cm³/mol. The molecular weight excluding hydrogens is 708 g/mol. The summed E-state index contributed by atoms with van der Waals surface area (Å²) in [6, 6.07) is -0.824. The van der Waals surface area contributed by atoms with Crippen LogP contribution in [-0.4, -0.2) is 202 Å². The van der Waals surface area contributed by atoms with Crippen molar-refractivity contribution in [1.29, 1.82) is 0 Å². The molecule has 20 nitrogen and oxygen atoms in total. The number of hydrogen-bond acceptors (Lipinski definition) is 13. The summed E-state index contributed by atoms with van der Waals surface area (Å²) in [5.74, 6) is -3.33. The molecule has 2 heterocycles. The zero-order chi connectivity index (χ0) is 39.9. The van der Waals surface area contributed by atoms with Crippen LogP contribution in [0.15, 0.2) is 6.20 Å². The number of aromatic nitrogens is 3. The number of carbonyl (C=O) groups is 6. The second-order valence-electron chi connectivity index (χ2n) is 13.8. The van der Waals surface area contributed by atoms with Crippen LogP contribution in [-0.2, 0) is 41.8 Å². The normalized spacial score (nSPS) is 16.1. The van der Waals surface area contributed by atoms with Gasteiger partial charge in [-0.05, 0) is 40.3 Å². The molecule has 1 saturated heterocycles. The number of nitrogens with one attached hydrogen (secondary N) is 2. The van der Waals surface area contributed by atoms with E-state index in [4.69, 9.17) is 9.84 Å². The number of urea groups is 1. The first-order valence-electron chi connectivity index (χ1n) is 18.5. The number of amides is 3. The Labute approximate surface area is 316 Å². The standard InChI is InChI=1S/C34H60N10O10/c1-27(8-9-31(47)48)36-34(53)35-10-4-7-30(46)43(26-33(51)52)22-28-23-44(38-37-28)19-21-54-20-5-6-29(45)24-41-15-13-39(2)11-12-40(3)14-16-42(18-17-41)25-32(49)50/h23,27H,4-22,24-26H2,1-3H3,(H,47,48)(H,49,50)(H,51,52)(H2,35,36,53)/t27-/m1/s1. The van der Waals surface area contributed by atoms with Gasteiger partial charge in [0.2, 0.25) is 5.91 Å². The van der Waals surface area contributed by atoms with Gasteiger partial charge in [-0.15, -0.1) is 5.10 Å². The Bertz CT molecular complexity index is 1330. The van der Waals surface area contributed by atoms with Crippen LogP contribution in [0.4, 0.5) is 4.79 Å². The minimum Gasteiger partial charge on any atom is -0.481 e. The third-order valence-corrected chi connectivity index (χ3v) is 8.80. The van der Waals surface area contributed by atoms with Gasteiger partial charge >= 0.3 is 23.9 Å². The van der Waals surface area contributed by atoms with E-state index >= 15 is 0 Å². The average Bonchev–Trinajstić information content (AvgIpc) is 3.55. The molecule has 1 aromatic heterocycles. The molecule has 0 saturated carbocycles. The SMILES string of the molecule is C[C@H](CCC(=O)O)NC(=O)NCCCC(=O)N(CC(=O)O)Cc1cn(CCOCCCC(=O)CN2CCN(C)CCN(C)CCN(CC(=O)O)CC2)nn1. The maximum atomic E-state index is 12.9. The lowest BCUT2D eigenvalue weighted by atomic mass is 10.2. The van der Waals surface area contributed by atoms with Crippen molar-refractivity contribution in [1.82, 2.24) is 50.1 Å². The number of aliphatic carboxylic acids is 3. The van der Waals surface area contributed by atoms with E-state index < -0.39 is 36.4 Å². The van der Waals surface area contributed by atoms with Crippen LogP contribution in [0.2, 0.25) is 0 Å². The van der Waals surface area contributed by atoms with E-state index in [-0.39, 0.29) is 57.1 Å². The van der Waals surface area contributed by atoms with Crippen LogP contribution in [0, 0.1) is 0 Å². The highest BCUT2D eigenvalue weighted by molar-refractivity contribution is 5.81. The molecule has 0 bridgehead atoms.